The van der Waals surface area contributed by atoms with E-state index in [-0.39, 0.29) is 29.3 Å². The summed E-state index contributed by atoms with van der Waals surface area (Å²) in [5.74, 6) is -0.457. The monoisotopic (exact) mass is 496 g/mol. The fourth-order valence-corrected chi connectivity index (χ4v) is 7.82. The number of benzene rings is 1. The zero-order valence-electron chi connectivity index (χ0n) is 19.7. The fraction of sp³-hybridized carbons (Fsp3) is 0.591. The highest BCUT2D eigenvalue weighted by atomic mass is 32.2. The summed E-state index contributed by atoms with van der Waals surface area (Å²) >= 11 is 1.30. The Hall–Kier alpha value is -2.27. The van der Waals surface area contributed by atoms with Gasteiger partial charge in [0.25, 0.3) is 5.91 Å². The number of nitrogens with one attached hydrogen (secondary N) is 1. The van der Waals surface area contributed by atoms with E-state index in [1.165, 1.54) is 11.8 Å². The molecule has 9 nitrogen and oxygen atoms in total. The molecule has 2 amide bonds. The van der Waals surface area contributed by atoms with Crippen LogP contribution in [0.5, 0.6) is 0 Å². The molecule has 1 N–H and O–H groups in total. The zero-order chi connectivity index (χ0) is 24.4. The number of alkyl carbamates (subject to hydrolysis) is 1. The quantitative estimate of drug-likeness (QED) is 0.640. The van der Waals surface area contributed by atoms with E-state index >= 15 is 0 Å². The molecule has 2 heterocycles. The predicted molar refractivity (Wildman–Crippen MR) is 133 cm³/mol. The number of fused-ring (bicyclic) bond motifs is 1. The van der Waals surface area contributed by atoms with Gasteiger partial charge in [0.15, 0.2) is 15.0 Å². The molecular formula is C22H32N4O5S2. The smallest absolute Gasteiger partial charge is 0.408 e. The van der Waals surface area contributed by atoms with Crippen LogP contribution in [-0.4, -0.2) is 73.6 Å². The van der Waals surface area contributed by atoms with Crippen LogP contribution in [0.15, 0.2) is 29.3 Å². The molecule has 33 heavy (non-hydrogen) atoms. The molecule has 2 fully saturated rings. The topological polar surface area (TPSA) is 108 Å². The van der Waals surface area contributed by atoms with Crippen molar-refractivity contribution in [1.82, 2.24) is 5.32 Å². The number of hydrogen-bond donors (Lipinski definition) is 1. The summed E-state index contributed by atoms with van der Waals surface area (Å²) < 4.78 is 29.6. The minimum atomic E-state index is -3.15. The van der Waals surface area contributed by atoms with Gasteiger partial charge in [-0.2, -0.15) is 4.99 Å². The van der Waals surface area contributed by atoms with Crippen LogP contribution >= 0.6 is 11.8 Å². The summed E-state index contributed by atoms with van der Waals surface area (Å²) in [5, 5.41) is 2.68. The first-order valence-electron chi connectivity index (χ1n) is 11.0. The maximum atomic E-state index is 12.5. The summed E-state index contributed by atoms with van der Waals surface area (Å²) in [6.45, 7) is 10.8. The van der Waals surface area contributed by atoms with Crippen molar-refractivity contribution in [3.63, 3.8) is 0 Å². The number of thioether (sulfide) groups is 1. The number of amides is 2. The van der Waals surface area contributed by atoms with Gasteiger partial charge in [0.2, 0.25) is 0 Å². The first-order valence-corrected chi connectivity index (χ1v) is 13.7. The van der Waals surface area contributed by atoms with Gasteiger partial charge in [-0.25, -0.2) is 13.2 Å². The lowest BCUT2D eigenvalue weighted by molar-refractivity contribution is -0.117. The number of aliphatic imine (C=N–C) groups is 1. The zero-order valence-corrected chi connectivity index (χ0v) is 21.3. The Morgan fingerprint density at radius 2 is 1.82 bits per heavy atom. The Balaban J connectivity index is 1.80. The molecular weight excluding hydrogens is 464 g/mol. The molecule has 1 aromatic carbocycles. The van der Waals surface area contributed by atoms with Gasteiger partial charge < -0.3 is 19.9 Å². The SMILES string of the molecule is CCN(CC)c1ccc(N2C(=NC(=O)CNC(=O)OC(C)(C)C)S[C@@H]3CS(=O)(=O)C[C@@H]32)cc1. The van der Waals surface area contributed by atoms with Gasteiger partial charge in [0, 0.05) is 29.7 Å². The number of carbonyl (C=O) groups excluding carboxylic acids is 2. The van der Waals surface area contributed by atoms with Crippen LogP contribution in [0.25, 0.3) is 0 Å². The third-order valence-corrected chi connectivity index (χ3v) is 8.54. The summed E-state index contributed by atoms with van der Waals surface area (Å²) in [6, 6.07) is 7.56. The van der Waals surface area contributed by atoms with Crippen molar-refractivity contribution < 1.29 is 22.7 Å². The molecule has 11 heteroatoms. The van der Waals surface area contributed by atoms with Crippen molar-refractivity contribution in [3.05, 3.63) is 24.3 Å². The maximum absolute atomic E-state index is 12.5. The standard InChI is InChI=1S/C22H32N4O5S2/c1-6-25(7-2)15-8-10-16(11-9-15)26-17-13-33(29,30)14-18(17)32-20(26)24-19(27)12-23-21(28)31-22(3,4)5/h8-11,17-18H,6-7,12-14H2,1-5H3,(H,23,28)/t17-,18+/m0/s1. The first-order chi connectivity index (χ1) is 15.4. The van der Waals surface area contributed by atoms with Crippen LogP contribution in [0.4, 0.5) is 16.2 Å². The van der Waals surface area contributed by atoms with Crippen molar-refractivity contribution >= 4 is 50.1 Å². The van der Waals surface area contributed by atoms with E-state index in [0.717, 1.165) is 24.5 Å². The highest BCUT2D eigenvalue weighted by Crippen LogP contribution is 2.41. The minimum absolute atomic E-state index is 0.0197. The number of ether oxygens (including phenoxy) is 1. The minimum Gasteiger partial charge on any atom is -0.444 e. The van der Waals surface area contributed by atoms with E-state index in [4.69, 9.17) is 4.74 Å². The Labute approximate surface area is 199 Å². The number of anilines is 2. The Morgan fingerprint density at radius 1 is 1.18 bits per heavy atom. The predicted octanol–water partition coefficient (Wildman–Crippen LogP) is 2.66. The summed E-state index contributed by atoms with van der Waals surface area (Å²) in [7, 11) is -3.15. The molecule has 0 radical (unpaired) electrons. The molecule has 2 saturated heterocycles. The van der Waals surface area contributed by atoms with Gasteiger partial charge in [-0.05, 0) is 58.9 Å². The third kappa shape index (κ3) is 6.41. The lowest BCUT2D eigenvalue weighted by atomic mass is 10.2. The van der Waals surface area contributed by atoms with Crippen molar-refractivity contribution in [3.8, 4) is 0 Å². The third-order valence-electron chi connectivity index (χ3n) is 5.33. The lowest BCUT2D eigenvalue weighted by Gasteiger charge is -2.26. The van der Waals surface area contributed by atoms with Gasteiger partial charge in [-0.3, -0.25) is 4.79 Å². The summed E-state index contributed by atoms with van der Waals surface area (Å²) in [6.07, 6.45) is -0.693. The van der Waals surface area contributed by atoms with Crippen LogP contribution in [-0.2, 0) is 19.4 Å². The van der Waals surface area contributed by atoms with E-state index in [1.54, 1.807) is 20.8 Å². The van der Waals surface area contributed by atoms with Gasteiger partial charge in [0.05, 0.1) is 17.5 Å². The Bertz CT molecular complexity index is 1010. The maximum Gasteiger partial charge on any atom is 0.408 e. The Kier molecular flexibility index (Phi) is 7.62. The second-order valence-electron chi connectivity index (χ2n) is 9.00. The van der Waals surface area contributed by atoms with Crippen molar-refractivity contribution in [2.75, 3.05) is 40.9 Å². The van der Waals surface area contributed by atoms with E-state index in [2.05, 4.69) is 29.1 Å². The average molecular weight is 497 g/mol. The molecule has 0 aliphatic carbocycles. The number of carbonyl (C=O) groups is 2. The second kappa shape index (κ2) is 9.92. The first kappa shape index (κ1) is 25.4. The number of rotatable bonds is 6. The molecule has 3 rings (SSSR count). The van der Waals surface area contributed by atoms with Crippen molar-refractivity contribution in [2.45, 2.75) is 51.5 Å². The molecule has 0 saturated carbocycles. The van der Waals surface area contributed by atoms with Crippen LogP contribution in [0.1, 0.15) is 34.6 Å². The summed E-state index contributed by atoms with van der Waals surface area (Å²) in [5.41, 5.74) is 1.19. The van der Waals surface area contributed by atoms with Crippen LogP contribution in [0.3, 0.4) is 0 Å². The largest absolute Gasteiger partial charge is 0.444 e. The van der Waals surface area contributed by atoms with E-state index in [0.29, 0.717) is 5.17 Å². The number of sulfone groups is 1. The molecule has 1 aromatic rings. The van der Waals surface area contributed by atoms with Crippen molar-refractivity contribution in [2.24, 2.45) is 4.99 Å². The van der Waals surface area contributed by atoms with E-state index in [9.17, 15) is 18.0 Å². The summed E-state index contributed by atoms with van der Waals surface area (Å²) in [4.78, 5) is 32.6. The number of nitrogens with zero attached hydrogens (tertiary/aromatic N) is 3. The lowest BCUT2D eigenvalue weighted by Crippen LogP contribution is -2.38. The normalized spacial score (nSPS) is 22.8. The van der Waals surface area contributed by atoms with Crippen LogP contribution in [0, 0.1) is 0 Å². The van der Waals surface area contributed by atoms with Gasteiger partial charge >= 0.3 is 6.09 Å². The van der Waals surface area contributed by atoms with Gasteiger partial charge in [-0.15, -0.1) is 0 Å². The number of amidine groups is 1. The molecule has 182 valence electrons. The van der Waals surface area contributed by atoms with E-state index in [1.807, 2.05) is 29.2 Å². The Morgan fingerprint density at radius 3 is 2.39 bits per heavy atom. The number of hydrogen-bond acceptors (Lipinski definition) is 7. The van der Waals surface area contributed by atoms with Gasteiger partial charge in [-0.1, -0.05) is 11.8 Å². The highest BCUT2D eigenvalue weighted by Gasteiger charge is 2.49. The molecule has 0 spiro atoms. The van der Waals surface area contributed by atoms with Crippen molar-refractivity contribution in [1.29, 1.82) is 0 Å². The van der Waals surface area contributed by atoms with Crippen LogP contribution in [0.2, 0.25) is 0 Å². The highest BCUT2D eigenvalue weighted by molar-refractivity contribution is 8.16. The molecule has 0 aromatic heterocycles. The molecule has 0 unspecified atom stereocenters. The molecule has 2 atom stereocenters. The molecule has 2 aliphatic heterocycles. The van der Waals surface area contributed by atoms with Gasteiger partial charge in [0.1, 0.15) is 12.1 Å². The second-order valence-corrected chi connectivity index (χ2v) is 12.4. The average Bonchev–Trinajstić information content (AvgIpc) is 3.17. The molecule has 0 bridgehead atoms. The fourth-order valence-electron chi connectivity index (χ4n) is 3.89. The van der Waals surface area contributed by atoms with E-state index < -0.39 is 27.4 Å². The molecule has 2 aliphatic rings. The van der Waals surface area contributed by atoms with Crippen LogP contribution < -0.4 is 15.1 Å².